The highest BCUT2D eigenvalue weighted by Gasteiger charge is 2.44. The van der Waals surface area contributed by atoms with Crippen molar-refractivity contribution in [3.8, 4) is 0 Å². The van der Waals surface area contributed by atoms with Gasteiger partial charge in [0, 0.05) is 99.6 Å². The summed E-state index contributed by atoms with van der Waals surface area (Å²) in [4.78, 5) is 229. The third-order valence-electron chi connectivity index (χ3n) is 22.0. The number of amides is 14. The van der Waals surface area contributed by atoms with Crippen LogP contribution in [0, 0.1) is 35.0 Å². The molecule has 1 aliphatic heterocycles. The Morgan fingerprint density at radius 3 is 1.54 bits per heavy atom. The molecule has 1 fully saturated rings. The second kappa shape index (κ2) is 71.2. The standard InChI is InChI=1S/C93H159N15O30/c1-18-63(6)83(107(14)89(122)81(61(2)3)105-88(121)82(62(4)5)106(12)13)72(128-16)54-80(117)108-35-22-26-71(108)84(129-17)64(7)85(118)104-70(52-66-24-20-19-21-25-66)87(120)95-31-23-36-137-91(125)65(8)102-74(111)28-27-69(90(123)124)103-75(112)30-33-97-92(126)138-60-67(86(119)96-34-37-130-40-41-132-44-45-134-48-49-136-51-50-135-47-46-133-43-42-131-39-38-127-15)53-68(109)56-98-77(114)58-100-79(116)59-101-78(115)57-99-73(110)29-32-94-76(113)55-93(9,10)11/h19-21,24-25,61-65,67,69-72,81-84H,18,22-23,26-60H2,1-17H3,(H,94,113)(H,95,120)(H,96,119)(H,97,126)(H,98,114)(H,99,110)(H,100,116)(H,101,115)(H,102,111)(H,103,112)(H,104,118)(H,105,121)(H,123,124)/t63-,64+,65?,67?,69?,70-,71-,72+,81?,82-,83-,84+/m0/s1. The maximum absolute atomic E-state index is 14.6. The Morgan fingerprint density at radius 1 is 0.500 bits per heavy atom. The summed E-state index contributed by atoms with van der Waals surface area (Å²) in [6.07, 6.45) is -2.77. The molecule has 0 radical (unpaired) electrons. The highest BCUT2D eigenvalue weighted by molar-refractivity contribution is 5.94. The predicted molar refractivity (Wildman–Crippen MR) is 504 cm³/mol. The van der Waals surface area contributed by atoms with Gasteiger partial charge in [-0.05, 0) is 75.4 Å². The van der Waals surface area contributed by atoms with Crippen LogP contribution in [-0.2, 0) is 140 Å². The number of aliphatic carboxylic acids is 1. The Hall–Kier alpha value is -10.2. The molecule has 1 aliphatic rings. The van der Waals surface area contributed by atoms with Gasteiger partial charge in [-0.25, -0.2) is 14.4 Å². The van der Waals surface area contributed by atoms with Crippen molar-refractivity contribution in [3.05, 3.63) is 35.9 Å². The van der Waals surface area contributed by atoms with Crippen LogP contribution in [0.25, 0.3) is 0 Å². The van der Waals surface area contributed by atoms with Gasteiger partial charge in [0.2, 0.25) is 76.8 Å². The van der Waals surface area contributed by atoms with E-state index in [4.69, 9.17) is 56.8 Å². The summed E-state index contributed by atoms with van der Waals surface area (Å²) in [7, 11) is 9.87. The number of ether oxygens (including phenoxy) is 12. The maximum Gasteiger partial charge on any atom is 0.407 e. The van der Waals surface area contributed by atoms with Gasteiger partial charge in [-0.1, -0.05) is 106 Å². The Bertz CT molecular complexity index is 3840. The number of carboxylic acids is 1. The lowest BCUT2D eigenvalue weighted by molar-refractivity contribution is -0.148. The summed E-state index contributed by atoms with van der Waals surface area (Å²) in [5, 5.41) is 40.1. The largest absolute Gasteiger partial charge is 0.480 e. The Labute approximate surface area is 811 Å². The molecule has 13 N–H and O–H groups in total. The summed E-state index contributed by atoms with van der Waals surface area (Å²) in [5.74, 6) is -13.2. The average molecular weight is 1970 g/mol. The molecule has 1 heterocycles. The number of carbonyl (C=O) groups is 17. The van der Waals surface area contributed by atoms with Crippen LogP contribution in [-0.4, -0.2) is 389 Å². The highest BCUT2D eigenvalue weighted by Crippen LogP contribution is 2.31. The number of likely N-dealkylation sites (N-methyl/N-ethyl adjacent to an activating group) is 2. The predicted octanol–water partition coefficient (Wildman–Crippen LogP) is -0.757. The molecule has 1 saturated heterocycles. The first-order chi connectivity index (χ1) is 65.6. The molecule has 0 bridgehead atoms. The van der Waals surface area contributed by atoms with Crippen molar-refractivity contribution in [3.63, 3.8) is 0 Å². The van der Waals surface area contributed by atoms with Crippen molar-refractivity contribution in [1.29, 1.82) is 0 Å². The smallest absolute Gasteiger partial charge is 0.407 e. The summed E-state index contributed by atoms with van der Waals surface area (Å²) in [6, 6.07) is 2.56. The molecule has 0 saturated carbocycles. The van der Waals surface area contributed by atoms with E-state index < -0.39 is 208 Å². The van der Waals surface area contributed by atoms with Crippen molar-refractivity contribution in [1.82, 2.24) is 78.5 Å². The SMILES string of the molecule is CC[C@H](C)[C@@H]([C@@H](CC(=O)N1CCC[C@H]1[C@H](OC)[C@@H](C)C(=O)N[C@@H](Cc1ccccc1)C(=O)NCCCOC(=O)C(C)NC(=O)CCC(NC(=O)CCNC(=O)OCC(CC(=O)CNC(=O)CNC(=O)CNC(=O)CNC(=O)CCNC(=O)CC(C)(C)C)C(=O)NCCOCCOCCOCCOCCOCCOCCOCCOC)C(=O)O)OC)N(C)C(=O)C(NC(=O)[C@H](C(C)C)N(C)C)C(C)C. The highest BCUT2D eigenvalue weighted by atomic mass is 16.6. The molecule has 1 aromatic carbocycles. The van der Waals surface area contributed by atoms with Gasteiger partial charge in [0.15, 0.2) is 5.78 Å². The number of carbonyl (C=O) groups excluding carboxylic acids is 16. The minimum Gasteiger partial charge on any atom is -0.480 e. The number of nitrogens with one attached hydrogen (secondary N) is 12. The molecular formula is C93H159N15O30. The van der Waals surface area contributed by atoms with Gasteiger partial charge < -0.3 is 136 Å². The van der Waals surface area contributed by atoms with Gasteiger partial charge in [0.1, 0.15) is 30.8 Å². The maximum atomic E-state index is 14.6. The molecule has 0 spiro atoms. The minimum absolute atomic E-state index is 0.00897. The van der Waals surface area contributed by atoms with Gasteiger partial charge >= 0.3 is 18.0 Å². The van der Waals surface area contributed by atoms with Crippen LogP contribution in [0.3, 0.4) is 0 Å². The Balaban J connectivity index is 1.96. The number of esters is 1. The zero-order valence-electron chi connectivity index (χ0n) is 84.0. The molecule has 12 atom stereocenters. The molecule has 45 heteroatoms. The van der Waals surface area contributed by atoms with Crippen LogP contribution in [0.2, 0.25) is 0 Å². The van der Waals surface area contributed by atoms with Crippen LogP contribution >= 0.6 is 0 Å². The van der Waals surface area contributed by atoms with E-state index in [2.05, 4.69) is 63.8 Å². The molecule has 45 nitrogen and oxygen atoms in total. The third kappa shape index (κ3) is 53.8. The zero-order chi connectivity index (χ0) is 103. The van der Waals surface area contributed by atoms with E-state index in [0.29, 0.717) is 91.9 Å². The number of ketones is 1. The lowest BCUT2D eigenvalue weighted by Gasteiger charge is -2.41. The fourth-order valence-electron chi connectivity index (χ4n) is 14.6. The number of alkyl carbamates (subject to hydrolysis) is 1. The second-order valence-corrected chi connectivity index (χ2v) is 35.6. The van der Waals surface area contributed by atoms with E-state index in [1.54, 1.807) is 61.2 Å². The molecule has 786 valence electrons. The number of carboxylic acid groups (broad SMARTS) is 1. The molecule has 14 amide bonds. The molecular weight excluding hydrogens is 1810 g/mol. The van der Waals surface area contributed by atoms with Crippen LogP contribution in [0.5, 0.6) is 0 Å². The number of Topliss-reactive ketones (excluding diaryl/α,β-unsaturated/α-hetero) is 1. The van der Waals surface area contributed by atoms with Crippen molar-refractivity contribution in [2.45, 2.75) is 208 Å². The first-order valence-electron chi connectivity index (χ1n) is 47.3. The summed E-state index contributed by atoms with van der Waals surface area (Å²) in [5.41, 5.74) is 0.483. The first-order valence-corrected chi connectivity index (χ1v) is 47.3. The van der Waals surface area contributed by atoms with E-state index >= 15 is 0 Å². The quantitative estimate of drug-likeness (QED) is 0.0282. The Morgan fingerprint density at radius 2 is 1.02 bits per heavy atom. The summed E-state index contributed by atoms with van der Waals surface area (Å²) >= 11 is 0. The monoisotopic (exact) mass is 1970 g/mol. The minimum atomic E-state index is -1.62. The van der Waals surface area contributed by atoms with Crippen molar-refractivity contribution in [2.75, 3.05) is 214 Å². The van der Waals surface area contributed by atoms with E-state index in [1.807, 2.05) is 81.3 Å². The van der Waals surface area contributed by atoms with Crippen LogP contribution < -0.4 is 63.8 Å². The van der Waals surface area contributed by atoms with Crippen molar-refractivity contribution >= 4 is 101 Å². The summed E-state index contributed by atoms with van der Waals surface area (Å²) in [6.45, 7) is 22.0. The number of hydrogen-bond acceptors (Lipinski definition) is 30. The van der Waals surface area contributed by atoms with Crippen molar-refractivity contribution in [2.24, 2.45) is 35.0 Å². The fourth-order valence-corrected chi connectivity index (χ4v) is 14.6. The molecule has 1 aromatic rings. The Kier molecular flexibility index (Phi) is 63.9. The number of rotatable bonds is 76. The number of methoxy groups -OCH3 is 3. The molecule has 0 aliphatic carbocycles. The lowest BCUT2D eigenvalue weighted by atomic mass is 9.89. The van der Waals surface area contributed by atoms with E-state index in [1.165, 1.54) is 21.1 Å². The van der Waals surface area contributed by atoms with Crippen LogP contribution in [0.1, 0.15) is 152 Å². The zero-order valence-corrected chi connectivity index (χ0v) is 84.0. The average Bonchev–Trinajstić information content (AvgIpc) is 1.55. The molecule has 0 aromatic heterocycles. The first kappa shape index (κ1) is 124. The normalized spacial score (nSPS) is 14.9. The third-order valence-corrected chi connectivity index (χ3v) is 22.0. The number of likely N-dealkylation sites (tertiary alicyclic amines) is 1. The van der Waals surface area contributed by atoms with Crippen LogP contribution in [0.15, 0.2) is 30.3 Å². The van der Waals surface area contributed by atoms with Gasteiger partial charge in [0.05, 0.1) is 180 Å². The fraction of sp³-hybridized carbons (Fsp3) is 0.753. The number of hydrogen-bond donors (Lipinski definition) is 13. The van der Waals surface area contributed by atoms with Gasteiger partial charge in [0.25, 0.3) is 0 Å². The number of nitrogens with zero attached hydrogens (tertiary/aromatic N) is 3. The van der Waals surface area contributed by atoms with Gasteiger partial charge in [-0.2, -0.15) is 0 Å². The van der Waals surface area contributed by atoms with E-state index in [9.17, 15) is 86.6 Å². The molecule has 138 heavy (non-hydrogen) atoms. The topological polar surface area (TPSA) is 575 Å². The van der Waals surface area contributed by atoms with Gasteiger partial charge in [-0.15, -0.1) is 0 Å². The molecule has 2 rings (SSSR count). The second-order valence-electron chi connectivity index (χ2n) is 35.6. The van der Waals surface area contributed by atoms with Crippen molar-refractivity contribution < 1.29 is 143 Å². The summed E-state index contributed by atoms with van der Waals surface area (Å²) < 4.78 is 66.0. The van der Waals surface area contributed by atoms with E-state index in [-0.39, 0.29) is 138 Å². The number of benzene rings is 1. The van der Waals surface area contributed by atoms with E-state index in [0.717, 1.165) is 5.56 Å². The van der Waals surface area contributed by atoms with Crippen LogP contribution in [0.4, 0.5) is 4.79 Å². The van der Waals surface area contributed by atoms with Gasteiger partial charge in [-0.3, -0.25) is 72.0 Å². The molecule has 4 unspecified atom stereocenters. The lowest BCUT2D eigenvalue weighted by Crippen LogP contribution is -2.59.